The Morgan fingerprint density at radius 1 is 0.800 bits per heavy atom. The number of piperazine rings is 1. The summed E-state index contributed by atoms with van der Waals surface area (Å²) in [7, 11) is 2.19. The quantitative estimate of drug-likeness (QED) is 0.689. The molecule has 0 aliphatic carbocycles. The van der Waals surface area contributed by atoms with Crippen molar-refractivity contribution in [2.24, 2.45) is 0 Å². The molecule has 0 bridgehead atoms. The van der Waals surface area contributed by atoms with E-state index in [0.29, 0.717) is 6.61 Å². The molecule has 4 nitrogen and oxygen atoms in total. The summed E-state index contributed by atoms with van der Waals surface area (Å²) in [5.41, 5.74) is 1.17. The Bertz CT molecular complexity index is 608. The van der Waals surface area contributed by atoms with Gasteiger partial charge in [0.2, 0.25) is 0 Å². The van der Waals surface area contributed by atoms with Crippen molar-refractivity contribution in [3.05, 3.63) is 60.2 Å². The molecule has 3 rings (SSSR count). The van der Waals surface area contributed by atoms with Gasteiger partial charge in [0.15, 0.2) is 0 Å². The molecule has 0 saturated carbocycles. The van der Waals surface area contributed by atoms with Crippen LogP contribution in [0, 0.1) is 0 Å². The number of nitrogens with zero attached hydrogens (tertiary/aromatic N) is 2. The van der Waals surface area contributed by atoms with Crippen LogP contribution in [-0.4, -0.2) is 56.2 Å². The van der Waals surface area contributed by atoms with Gasteiger partial charge in [-0.25, -0.2) is 0 Å². The highest BCUT2D eigenvalue weighted by Crippen LogP contribution is 2.19. The van der Waals surface area contributed by atoms with Gasteiger partial charge in [0.25, 0.3) is 0 Å². The third-order valence-corrected chi connectivity index (χ3v) is 4.56. The summed E-state index contributed by atoms with van der Waals surface area (Å²) in [6, 6.07) is 18.1. The van der Waals surface area contributed by atoms with Crippen LogP contribution >= 0.6 is 0 Å². The van der Waals surface area contributed by atoms with Crippen molar-refractivity contribution in [1.82, 2.24) is 9.80 Å². The second-order valence-electron chi connectivity index (χ2n) is 6.59. The van der Waals surface area contributed by atoms with Crippen molar-refractivity contribution in [1.29, 1.82) is 0 Å². The molecule has 0 N–H and O–H groups in total. The summed E-state index contributed by atoms with van der Waals surface area (Å²) in [5, 5.41) is 0. The first-order chi connectivity index (χ1) is 12.3. The van der Waals surface area contributed by atoms with E-state index in [1.165, 1.54) is 31.7 Å². The molecule has 1 saturated heterocycles. The smallest absolute Gasteiger partial charge is 0.120 e. The summed E-state index contributed by atoms with van der Waals surface area (Å²) in [4.78, 5) is 4.90. The van der Waals surface area contributed by atoms with E-state index in [0.717, 1.165) is 31.1 Å². The van der Waals surface area contributed by atoms with Crippen LogP contribution in [0.5, 0.6) is 11.5 Å². The first-order valence-electron chi connectivity index (χ1n) is 9.10. The lowest BCUT2D eigenvalue weighted by Gasteiger charge is -2.32. The molecule has 1 aliphatic rings. The minimum absolute atomic E-state index is 0.589. The fraction of sp³-hybridized carbons (Fsp3) is 0.429. The molecule has 134 valence electrons. The molecule has 0 unspecified atom stereocenters. The average molecular weight is 340 g/mol. The molecular weight excluding hydrogens is 312 g/mol. The van der Waals surface area contributed by atoms with Crippen LogP contribution in [0.25, 0.3) is 0 Å². The fourth-order valence-electron chi connectivity index (χ4n) is 2.92. The van der Waals surface area contributed by atoms with Crippen LogP contribution in [0.4, 0.5) is 0 Å². The van der Waals surface area contributed by atoms with Crippen molar-refractivity contribution < 1.29 is 9.47 Å². The van der Waals surface area contributed by atoms with Crippen LogP contribution in [0.2, 0.25) is 0 Å². The summed E-state index contributed by atoms with van der Waals surface area (Å²) in [6.45, 7) is 7.15. The van der Waals surface area contributed by atoms with Gasteiger partial charge in [-0.3, -0.25) is 0 Å². The first kappa shape index (κ1) is 17.8. The standard InChI is InChI=1S/C21H28N2O2/c1-22-13-15-23(16-14-22)12-5-17-24-20-8-10-21(11-9-20)25-18-19-6-3-2-4-7-19/h2-4,6-11H,5,12-18H2,1H3. The van der Waals surface area contributed by atoms with E-state index < -0.39 is 0 Å². The monoisotopic (exact) mass is 340 g/mol. The lowest BCUT2D eigenvalue weighted by molar-refractivity contribution is 0.145. The number of hydrogen-bond acceptors (Lipinski definition) is 4. The Morgan fingerprint density at radius 2 is 1.44 bits per heavy atom. The molecule has 1 fully saturated rings. The lowest BCUT2D eigenvalue weighted by Crippen LogP contribution is -2.44. The second-order valence-corrected chi connectivity index (χ2v) is 6.59. The minimum atomic E-state index is 0.589. The predicted molar refractivity (Wildman–Crippen MR) is 101 cm³/mol. The Hall–Kier alpha value is -2.04. The van der Waals surface area contributed by atoms with Crippen molar-refractivity contribution in [3.63, 3.8) is 0 Å². The van der Waals surface area contributed by atoms with Crippen LogP contribution in [0.15, 0.2) is 54.6 Å². The third-order valence-electron chi connectivity index (χ3n) is 4.56. The summed E-state index contributed by atoms with van der Waals surface area (Å²) < 4.78 is 11.6. The molecule has 0 amide bonds. The van der Waals surface area contributed by atoms with Gasteiger partial charge in [0.1, 0.15) is 18.1 Å². The maximum atomic E-state index is 5.84. The number of rotatable bonds is 8. The third kappa shape index (κ3) is 6.07. The van der Waals surface area contributed by atoms with Crippen molar-refractivity contribution in [3.8, 4) is 11.5 Å². The summed E-state index contributed by atoms with van der Waals surface area (Å²) >= 11 is 0. The van der Waals surface area contributed by atoms with E-state index in [4.69, 9.17) is 9.47 Å². The number of hydrogen-bond donors (Lipinski definition) is 0. The topological polar surface area (TPSA) is 24.9 Å². The van der Waals surface area contributed by atoms with Crippen molar-refractivity contribution in [2.75, 3.05) is 46.4 Å². The van der Waals surface area contributed by atoms with Gasteiger partial charge >= 0.3 is 0 Å². The second kappa shape index (κ2) is 9.44. The van der Waals surface area contributed by atoms with E-state index >= 15 is 0 Å². The normalized spacial score (nSPS) is 15.9. The largest absolute Gasteiger partial charge is 0.494 e. The Balaban J connectivity index is 1.33. The van der Waals surface area contributed by atoms with Gasteiger partial charge in [-0.15, -0.1) is 0 Å². The van der Waals surface area contributed by atoms with Crippen LogP contribution in [0.1, 0.15) is 12.0 Å². The minimum Gasteiger partial charge on any atom is -0.494 e. The molecule has 0 aromatic heterocycles. The van der Waals surface area contributed by atoms with Gasteiger partial charge in [-0.1, -0.05) is 30.3 Å². The van der Waals surface area contributed by atoms with E-state index in [1.54, 1.807) is 0 Å². The van der Waals surface area contributed by atoms with E-state index in [2.05, 4.69) is 29.0 Å². The SMILES string of the molecule is CN1CCN(CCCOc2ccc(OCc3ccccc3)cc2)CC1. The summed E-state index contributed by atoms with van der Waals surface area (Å²) in [6.07, 6.45) is 1.07. The van der Waals surface area contributed by atoms with Crippen LogP contribution in [-0.2, 0) is 6.61 Å². The average Bonchev–Trinajstić information content (AvgIpc) is 2.67. The summed E-state index contributed by atoms with van der Waals surface area (Å²) in [5.74, 6) is 1.78. The van der Waals surface area contributed by atoms with Gasteiger partial charge in [0, 0.05) is 32.7 Å². The molecule has 0 atom stereocenters. The van der Waals surface area contributed by atoms with Crippen molar-refractivity contribution in [2.45, 2.75) is 13.0 Å². The Labute approximate surface area is 151 Å². The maximum absolute atomic E-state index is 5.84. The maximum Gasteiger partial charge on any atom is 0.120 e. The molecule has 0 spiro atoms. The molecule has 25 heavy (non-hydrogen) atoms. The molecule has 2 aromatic rings. The van der Waals surface area contributed by atoms with Crippen molar-refractivity contribution >= 4 is 0 Å². The van der Waals surface area contributed by atoms with E-state index in [-0.39, 0.29) is 0 Å². The molecular formula is C21H28N2O2. The van der Waals surface area contributed by atoms with E-state index in [1.807, 2.05) is 42.5 Å². The molecule has 2 aromatic carbocycles. The van der Waals surface area contributed by atoms with E-state index in [9.17, 15) is 0 Å². The van der Waals surface area contributed by atoms with Gasteiger partial charge in [-0.05, 0) is 43.3 Å². The zero-order valence-corrected chi connectivity index (χ0v) is 15.1. The van der Waals surface area contributed by atoms with Crippen LogP contribution in [0.3, 0.4) is 0 Å². The fourth-order valence-corrected chi connectivity index (χ4v) is 2.92. The Morgan fingerprint density at radius 3 is 2.12 bits per heavy atom. The number of ether oxygens (including phenoxy) is 2. The molecule has 0 radical (unpaired) electrons. The van der Waals surface area contributed by atoms with Gasteiger partial charge < -0.3 is 19.3 Å². The predicted octanol–water partition coefficient (Wildman–Crippen LogP) is 3.28. The zero-order chi connectivity index (χ0) is 17.3. The first-order valence-corrected chi connectivity index (χ1v) is 9.10. The lowest BCUT2D eigenvalue weighted by atomic mass is 10.2. The number of benzene rings is 2. The molecule has 4 heteroatoms. The number of likely N-dealkylation sites (N-methyl/N-ethyl adjacent to an activating group) is 1. The van der Waals surface area contributed by atoms with Gasteiger partial charge in [0.05, 0.1) is 6.61 Å². The molecule has 1 heterocycles. The highest BCUT2D eigenvalue weighted by molar-refractivity contribution is 5.31. The highest BCUT2D eigenvalue weighted by atomic mass is 16.5. The Kier molecular flexibility index (Phi) is 6.71. The molecule has 1 aliphatic heterocycles. The zero-order valence-electron chi connectivity index (χ0n) is 15.1. The highest BCUT2D eigenvalue weighted by Gasteiger charge is 2.12. The van der Waals surface area contributed by atoms with Gasteiger partial charge in [-0.2, -0.15) is 0 Å². The van der Waals surface area contributed by atoms with Crippen LogP contribution < -0.4 is 9.47 Å².